The second-order valence-corrected chi connectivity index (χ2v) is 6.85. The number of hydrogen-bond acceptors (Lipinski definition) is 3. The first-order chi connectivity index (χ1) is 13.0. The lowest BCUT2D eigenvalue weighted by Gasteiger charge is -2.16. The van der Waals surface area contributed by atoms with Gasteiger partial charge in [0.15, 0.2) is 5.65 Å². The van der Waals surface area contributed by atoms with Crippen LogP contribution in [0.15, 0.2) is 54.9 Å². The van der Waals surface area contributed by atoms with Gasteiger partial charge in [0.25, 0.3) is 6.08 Å². The molecule has 1 aliphatic heterocycles. The molecular weight excluding hydrogens is 374 g/mol. The van der Waals surface area contributed by atoms with Crippen LogP contribution >= 0.6 is 11.6 Å². The van der Waals surface area contributed by atoms with Crippen LogP contribution in [0.5, 0.6) is 0 Å². The van der Waals surface area contributed by atoms with Gasteiger partial charge in [0.05, 0.1) is 6.54 Å². The predicted molar refractivity (Wildman–Crippen MR) is 97.3 cm³/mol. The summed E-state index contributed by atoms with van der Waals surface area (Å²) in [5.74, 6) is -0.633. The van der Waals surface area contributed by atoms with Crippen LogP contribution in [0, 0.1) is 5.92 Å². The van der Waals surface area contributed by atoms with E-state index in [2.05, 4.69) is 10.1 Å². The van der Waals surface area contributed by atoms with E-state index in [-0.39, 0.29) is 25.4 Å². The van der Waals surface area contributed by atoms with E-state index in [1.165, 1.54) is 0 Å². The van der Waals surface area contributed by atoms with Crippen LogP contribution in [0.4, 0.5) is 8.78 Å². The highest BCUT2D eigenvalue weighted by atomic mass is 35.5. The van der Waals surface area contributed by atoms with E-state index in [0.717, 1.165) is 17.2 Å². The van der Waals surface area contributed by atoms with E-state index >= 15 is 0 Å². The van der Waals surface area contributed by atoms with Gasteiger partial charge in [0.2, 0.25) is 5.91 Å². The number of carbonyl (C=O) groups is 1. The molecule has 0 aliphatic carbocycles. The topological polar surface area (TPSA) is 50.5 Å². The zero-order valence-electron chi connectivity index (χ0n) is 14.1. The van der Waals surface area contributed by atoms with Crippen LogP contribution in [-0.2, 0) is 11.3 Å². The van der Waals surface area contributed by atoms with Crippen molar-refractivity contribution in [2.24, 2.45) is 5.92 Å². The van der Waals surface area contributed by atoms with E-state index in [1.54, 1.807) is 40.0 Å². The predicted octanol–water partition coefficient (Wildman–Crippen LogP) is 4.18. The van der Waals surface area contributed by atoms with Crippen molar-refractivity contribution < 1.29 is 13.6 Å². The molecule has 0 bridgehead atoms. The van der Waals surface area contributed by atoms with E-state index in [1.807, 2.05) is 12.1 Å². The number of nitrogens with zero attached hydrogens (tertiary/aromatic N) is 4. The Bertz CT molecular complexity index is 1030. The number of likely N-dealkylation sites (tertiary alicyclic amines) is 1. The summed E-state index contributed by atoms with van der Waals surface area (Å²) in [6, 6.07) is 9.00. The van der Waals surface area contributed by atoms with Crippen molar-refractivity contribution in [1.29, 1.82) is 0 Å². The van der Waals surface area contributed by atoms with Gasteiger partial charge >= 0.3 is 0 Å². The smallest absolute Gasteiger partial charge is 0.266 e. The third-order valence-corrected chi connectivity index (χ3v) is 4.82. The van der Waals surface area contributed by atoms with E-state index in [0.29, 0.717) is 16.4 Å². The minimum absolute atomic E-state index is 0.0836. The SMILES string of the molecule is O=C1CC(C=C(F)F)CN1Cc1c(-c2ccc(Cl)cc2)nn2cccnc12. The molecule has 0 N–H and O–H groups in total. The molecule has 1 aliphatic rings. The Morgan fingerprint density at radius 3 is 2.81 bits per heavy atom. The molecule has 27 heavy (non-hydrogen) atoms. The molecule has 1 saturated heterocycles. The van der Waals surface area contributed by atoms with Crippen molar-refractivity contribution in [3.05, 3.63) is 65.5 Å². The summed E-state index contributed by atoms with van der Waals surface area (Å²) >= 11 is 5.97. The summed E-state index contributed by atoms with van der Waals surface area (Å²) in [5, 5.41) is 5.20. The summed E-state index contributed by atoms with van der Waals surface area (Å²) in [6.45, 7) is 0.510. The maximum Gasteiger partial charge on any atom is 0.266 e. The monoisotopic (exact) mass is 388 g/mol. The summed E-state index contributed by atoms with van der Waals surface area (Å²) < 4.78 is 26.7. The number of amides is 1. The van der Waals surface area contributed by atoms with Crippen molar-refractivity contribution >= 4 is 23.2 Å². The number of halogens is 3. The second-order valence-electron chi connectivity index (χ2n) is 6.42. The molecule has 0 radical (unpaired) electrons. The largest absolute Gasteiger partial charge is 0.338 e. The Hall–Kier alpha value is -2.80. The lowest BCUT2D eigenvalue weighted by molar-refractivity contribution is -0.128. The van der Waals surface area contributed by atoms with Gasteiger partial charge in [-0.2, -0.15) is 13.9 Å². The highest BCUT2D eigenvalue weighted by Crippen LogP contribution is 2.30. The zero-order valence-corrected chi connectivity index (χ0v) is 14.9. The molecule has 5 nitrogen and oxygen atoms in total. The normalized spacial score (nSPS) is 16.9. The van der Waals surface area contributed by atoms with Crippen LogP contribution in [0.3, 0.4) is 0 Å². The van der Waals surface area contributed by atoms with Gasteiger partial charge in [-0.1, -0.05) is 23.7 Å². The van der Waals surface area contributed by atoms with Gasteiger partial charge in [-0.05, 0) is 24.3 Å². The highest BCUT2D eigenvalue weighted by molar-refractivity contribution is 6.30. The molecular formula is C19H15ClF2N4O. The molecule has 1 atom stereocenters. The standard InChI is InChI=1S/C19H15ClF2N4O/c20-14-4-2-13(3-5-14)18-15(19-23-6-1-7-26(19)24-18)11-25-10-12(8-16(21)22)9-17(25)27/h1-8,12H,9-11H2. The average molecular weight is 389 g/mol. The minimum Gasteiger partial charge on any atom is -0.338 e. The van der Waals surface area contributed by atoms with Gasteiger partial charge in [-0.15, -0.1) is 0 Å². The molecule has 1 fully saturated rings. The van der Waals surface area contributed by atoms with Crippen molar-refractivity contribution in [2.45, 2.75) is 13.0 Å². The van der Waals surface area contributed by atoms with Crippen LogP contribution in [0.2, 0.25) is 5.02 Å². The Balaban J connectivity index is 1.72. The van der Waals surface area contributed by atoms with Crippen molar-refractivity contribution in [2.75, 3.05) is 6.54 Å². The van der Waals surface area contributed by atoms with Crippen LogP contribution < -0.4 is 0 Å². The minimum atomic E-state index is -1.76. The molecule has 0 saturated carbocycles. The molecule has 3 heterocycles. The Morgan fingerprint density at radius 1 is 1.30 bits per heavy atom. The summed E-state index contributed by atoms with van der Waals surface area (Å²) in [5.41, 5.74) is 2.94. The summed E-state index contributed by atoms with van der Waals surface area (Å²) in [7, 11) is 0. The van der Waals surface area contributed by atoms with Gasteiger partial charge in [-0.25, -0.2) is 9.50 Å². The fourth-order valence-electron chi connectivity index (χ4n) is 3.36. The number of hydrogen-bond donors (Lipinski definition) is 0. The third kappa shape index (κ3) is 3.55. The third-order valence-electron chi connectivity index (χ3n) is 4.56. The first-order valence-corrected chi connectivity index (χ1v) is 8.78. The van der Waals surface area contributed by atoms with Crippen LogP contribution in [-0.4, -0.2) is 31.9 Å². The molecule has 1 amide bonds. The molecule has 2 aromatic heterocycles. The first-order valence-electron chi connectivity index (χ1n) is 8.40. The van der Waals surface area contributed by atoms with Crippen LogP contribution in [0.25, 0.3) is 16.9 Å². The van der Waals surface area contributed by atoms with Gasteiger partial charge in [0.1, 0.15) is 5.69 Å². The molecule has 138 valence electrons. The molecule has 1 unspecified atom stereocenters. The van der Waals surface area contributed by atoms with Crippen LogP contribution in [0.1, 0.15) is 12.0 Å². The number of rotatable bonds is 4. The number of benzene rings is 1. The average Bonchev–Trinajstić information content (AvgIpc) is 3.16. The highest BCUT2D eigenvalue weighted by Gasteiger charge is 2.30. The molecule has 4 rings (SSSR count). The number of aromatic nitrogens is 3. The molecule has 0 spiro atoms. The number of fused-ring (bicyclic) bond motifs is 1. The Morgan fingerprint density at radius 2 is 2.07 bits per heavy atom. The van der Waals surface area contributed by atoms with Gasteiger partial charge < -0.3 is 4.90 Å². The Kier molecular flexibility index (Phi) is 4.61. The summed E-state index contributed by atoms with van der Waals surface area (Å²) in [6.07, 6.45) is 2.62. The van der Waals surface area contributed by atoms with Gasteiger partial charge in [-0.3, -0.25) is 4.79 Å². The van der Waals surface area contributed by atoms with Crippen molar-refractivity contribution in [3.63, 3.8) is 0 Å². The molecule has 3 aromatic rings. The van der Waals surface area contributed by atoms with Crippen molar-refractivity contribution in [3.8, 4) is 11.3 Å². The fourth-order valence-corrected chi connectivity index (χ4v) is 3.48. The quantitative estimate of drug-likeness (QED) is 0.673. The second kappa shape index (κ2) is 7.08. The summed E-state index contributed by atoms with van der Waals surface area (Å²) in [4.78, 5) is 18.3. The fraction of sp³-hybridized carbons (Fsp3) is 0.211. The van der Waals surface area contributed by atoms with Gasteiger partial charge in [0, 0.05) is 47.4 Å². The Labute approximate surface area is 158 Å². The zero-order chi connectivity index (χ0) is 19.0. The maximum atomic E-state index is 12.5. The van der Waals surface area contributed by atoms with E-state index in [9.17, 15) is 13.6 Å². The first kappa shape index (κ1) is 17.6. The number of carbonyl (C=O) groups excluding carboxylic acids is 1. The lowest BCUT2D eigenvalue weighted by atomic mass is 10.1. The van der Waals surface area contributed by atoms with E-state index < -0.39 is 12.0 Å². The van der Waals surface area contributed by atoms with Crippen molar-refractivity contribution in [1.82, 2.24) is 19.5 Å². The maximum absolute atomic E-state index is 12.5. The molecule has 8 heteroatoms. The molecule has 1 aromatic carbocycles. The van der Waals surface area contributed by atoms with E-state index in [4.69, 9.17) is 11.6 Å². The lowest BCUT2D eigenvalue weighted by Crippen LogP contribution is -2.24.